The molecule has 96 valence electrons. The number of rotatable bonds is 4. The summed E-state index contributed by atoms with van der Waals surface area (Å²) in [4.78, 5) is 11.9. The Morgan fingerprint density at radius 3 is 2.94 bits per heavy atom. The Balaban J connectivity index is 1.87. The molecular weight excluding hydrogens is 297 g/mol. The Bertz CT molecular complexity index is 485. The Morgan fingerprint density at radius 1 is 1.44 bits per heavy atom. The van der Waals surface area contributed by atoms with Gasteiger partial charge in [0.1, 0.15) is 5.82 Å². The van der Waals surface area contributed by atoms with E-state index >= 15 is 0 Å². The van der Waals surface area contributed by atoms with Crippen molar-refractivity contribution in [3.63, 3.8) is 0 Å². The second-order valence-corrected chi connectivity index (χ2v) is 5.24. The quantitative estimate of drug-likeness (QED) is 0.842. The number of nitrogens with one attached hydrogen (secondary N) is 1. The van der Waals surface area contributed by atoms with E-state index in [0.29, 0.717) is 16.6 Å². The molecule has 0 spiro atoms. The topological polar surface area (TPSA) is 29.1 Å². The molecule has 1 amide bonds. The maximum atomic E-state index is 12.9. The van der Waals surface area contributed by atoms with E-state index in [-0.39, 0.29) is 11.7 Å². The Hall–Kier alpha value is -1.16. The molecule has 1 N–H and O–H groups in total. The van der Waals surface area contributed by atoms with Gasteiger partial charge in [-0.05, 0) is 59.8 Å². The van der Waals surface area contributed by atoms with Gasteiger partial charge in [0.25, 0.3) is 5.91 Å². The molecule has 1 aliphatic carbocycles. The van der Waals surface area contributed by atoms with E-state index in [9.17, 15) is 9.18 Å². The lowest BCUT2D eigenvalue weighted by atomic mass is 10.1. The highest BCUT2D eigenvalue weighted by molar-refractivity contribution is 9.10. The van der Waals surface area contributed by atoms with Gasteiger partial charge in [-0.1, -0.05) is 11.6 Å². The highest BCUT2D eigenvalue weighted by Gasteiger charge is 2.11. The lowest BCUT2D eigenvalue weighted by Crippen LogP contribution is -2.25. The molecule has 4 heteroatoms. The molecule has 0 bridgehead atoms. The molecule has 2 rings (SSSR count). The molecule has 18 heavy (non-hydrogen) atoms. The molecule has 0 aliphatic heterocycles. The summed E-state index contributed by atoms with van der Waals surface area (Å²) in [6.45, 7) is 0.633. The standard InChI is InChI=1S/C14H15BrFNO/c15-13-9-11(16)5-6-12(13)14(18)17-8-7-10-3-1-2-4-10/h3,5-6,9H,1-2,4,7-8H2,(H,17,18). The maximum absolute atomic E-state index is 12.9. The highest BCUT2D eigenvalue weighted by atomic mass is 79.9. The van der Waals surface area contributed by atoms with Crippen LogP contribution in [0.5, 0.6) is 0 Å². The first-order chi connectivity index (χ1) is 8.66. The van der Waals surface area contributed by atoms with Crippen molar-refractivity contribution in [2.24, 2.45) is 0 Å². The van der Waals surface area contributed by atoms with Gasteiger partial charge >= 0.3 is 0 Å². The van der Waals surface area contributed by atoms with Crippen LogP contribution in [0, 0.1) is 5.82 Å². The number of carbonyl (C=O) groups excluding carboxylic acids is 1. The zero-order chi connectivity index (χ0) is 13.0. The average Bonchev–Trinajstić information content (AvgIpc) is 2.81. The summed E-state index contributed by atoms with van der Waals surface area (Å²) >= 11 is 3.19. The summed E-state index contributed by atoms with van der Waals surface area (Å²) in [5.41, 5.74) is 1.89. The summed E-state index contributed by atoms with van der Waals surface area (Å²) < 4.78 is 13.4. The summed E-state index contributed by atoms with van der Waals surface area (Å²) in [7, 11) is 0. The SMILES string of the molecule is O=C(NCCC1=CCCC1)c1ccc(F)cc1Br. The monoisotopic (exact) mass is 311 g/mol. The normalized spacial score (nSPS) is 14.4. The van der Waals surface area contributed by atoms with E-state index in [4.69, 9.17) is 0 Å². The predicted molar refractivity (Wildman–Crippen MR) is 73.0 cm³/mol. The molecule has 0 radical (unpaired) electrons. The van der Waals surface area contributed by atoms with Gasteiger partial charge in [-0.2, -0.15) is 0 Å². The number of amides is 1. The molecular formula is C14H15BrFNO. The Morgan fingerprint density at radius 2 is 2.28 bits per heavy atom. The van der Waals surface area contributed by atoms with Crippen LogP contribution in [0.4, 0.5) is 4.39 Å². The number of hydrogen-bond acceptors (Lipinski definition) is 1. The summed E-state index contributed by atoms with van der Waals surface area (Å²) in [6.07, 6.45) is 6.69. The van der Waals surface area contributed by atoms with Gasteiger partial charge in [0.15, 0.2) is 0 Å². The van der Waals surface area contributed by atoms with Gasteiger partial charge in [0.05, 0.1) is 5.56 Å². The van der Waals surface area contributed by atoms with Crippen molar-refractivity contribution in [3.05, 3.63) is 45.7 Å². The molecule has 0 saturated carbocycles. The van der Waals surface area contributed by atoms with Crippen LogP contribution in [-0.2, 0) is 0 Å². The minimum atomic E-state index is -0.352. The highest BCUT2D eigenvalue weighted by Crippen LogP contribution is 2.20. The van der Waals surface area contributed by atoms with E-state index in [1.165, 1.54) is 30.2 Å². The van der Waals surface area contributed by atoms with E-state index in [1.54, 1.807) is 0 Å². The molecule has 0 heterocycles. The minimum absolute atomic E-state index is 0.166. The first-order valence-corrected chi connectivity index (χ1v) is 6.87. The van der Waals surface area contributed by atoms with E-state index in [2.05, 4.69) is 27.3 Å². The van der Waals surface area contributed by atoms with Crippen LogP contribution in [0.25, 0.3) is 0 Å². The van der Waals surface area contributed by atoms with Crippen molar-refractivity contribution in [2.75, 3.05) is 6.54 Å². The fraction of sp³-hybridized carbons (Fsp3) is 0.357. The predicted octanol–water partition coefficient (Wildman–Crippen LogP) is 3.82. The maximum Gasteiger partial charge on any atom is 0.252 e. The average molecular weight is 312 g/mol. The second-order valence-electron chi connectivity index (χ2n) is 4.38. The van der Waals surface area contributed by atoms with Crippen molar-refractivity contribution in [3.8, 4) is 0 Å². The number of hydrogen-bond donors (Lipinski definition) is 1. The van der Waals surface area contributed by atoms with E-state index in [1.807, 2.05) is 0 Å². The van der Waals surface area contributed by atoms with Gasteiger partial charge in [-0.25, -0.2) is 4.39 Å². The largest absolute Gasteiger partial charge is 0.352 e. The molecule has 0 fully saturated rings. The van der Waals surface area contributed by atoms with Gasteiger partial charge in [0, 0.05) is 11.0 Å². The third-order valence-electron chi connectivity index (χ3n) is 3.04. The van der Waals surface area contributed by atoms with Gasteiger partial charge in [0.2, 0.25) is 0 Å². The van der Waals surface area contributed by atoms with Crippen molar-refractivity contribution in [1.29, 1.82) is 0 Å². The third kappa shape index (κ3) is 3.42. The lowest BCUT2D eigenvalue weighted by molar-refractivity contribution is 0.0953. The van der Waals surface area contributed by atoms with Crippen LogP contribution in [0.1, 0.15) is 36.0 Å². The minimum Gasteiger partial charge on any atom is -0.352 e. The first-order valence-electron chi connectivity index (χ1n) is 6.08. The molecule has 0 atom stereocenters. The second kappa shape index (κ2) is 6.14. The summed E-state index contributed by atoms with van der Waals surface area (Å²) in [5, 5.41) is 2.85. The van der Waals surface area contributed by atoms with Crippen LogP contribution >= 0.6 is 15.9 Å². The van der Waals surface area contributed by atoms with Crippen LogP contribution in [0.15, 0.2) is 34.3 Å². The van der Waals surface area contributed by atoms with Crippen LogP contribution in [0.3, 0.4) is 0 Å². The molecule has 0 saturated heterocycles. The van der Waals surface area contributed by atoms with E-state index in [0.717, 1.165) is 19.3 Å². The smallest absolute Gasteiger partial charge is 0.252 e. The number of allylic oxidation sites excluding steroid dienone is 1. The van der Waals surface area contributed by atoms with Crippen LogP contribution < -0.4 is 5.32 Å². The number of benzene rings is 1. The molecule has 0 unspecified atom stereocenters. The van der Waals surface area contributed by atoms with Crippen molar-refractivity contribution < 1.29 is 9.18 Å². The molecule has 1 aliphatic rings. The molecule has 2 nitrogen and oxygen atoms in total. The number of carbonyl (C=O) groups is 1. The van der Waals surface area contributed by atoms with Crippen molar-refractivity contribution in [2.45, 2.75) is 25.7 Å². The van der Waals surface area contributed by atoms with Gasteiger partial charge in [-0.15, -0.1) is 0 Å². The Kier molecular flexibility index (Phi) is 4.53. The summed E-state index contributed by atoms with van der Waals surface area (Å²) in [5.74, 6) is -0.519. The fourth-order valence-electron chi connectivity index (χ4n) is 2.07. The van der Waals surface area contributed by atoms with Crippen molar-refractivity contribution >= 4 is 21.8 Å². The molecule has 1 aromatic rings. The van der Waals surface area contributed by atoms with Crippen LogP contribution in [-0.4, -0.2) is 12.5 Å². The fourth-order valence-corrected chi connectivity index (χ4v) is 2.60. The Labute approximate surface area is 114 Å². The molecule has 1 aromatic carbocycles. The third-order valence-corrected chi connectivity index (χ3v) is 3.70. The zero-order valence-corrected chi connectivity index (χ0v) is 11.6. The lowest BCUT2D eigenvalue weighted by Gasteiger charge is -2.07. The molecule has 0 aromatic heterocycles. The van der Waals surface area contributed by atoms with Gasteiger partial charge < -0.3 is 5.32 Å². The van der Waals surface area contributed by atoms with Gasteiger partial charge in [-0.3, -0.25) is 4.79 Å². The zero-order valence-electron chi connectivity index (χ0n) is 10.0. The van der Waals surface area contributed by atoms with E-state index < -0.39 is 0 Å². The summed E-state index contributed by atoms with van der Waals surface area (Å²) in [6, 6.07) is 4.08. The van der Waals surface area contributed by atoms with Crippen LogP contribution in [0.2, 0.25) is 0 Å². The first kappa shape index (κ1) is 13.3. The number of halogens is 2. The van der Waals surface area contributed by atoms with Crippen molar-refractivity contribution in [1.82, 2.24) is 5.32 Å².